The molecule has 0 aliphatic carbocycles. The number of sulfonamides is 1. The van der Waals surface area contributed by atoms with Crippen LogP contribution in [-0.4, -0.2) is 34.2 Å². The van der Waals surface area contributed by atoms with E-state index in [1.165, 1.54) is 13.3 Å². The zero-order chi connectivity index (χ0) is 24.0. The third kappa shape index (κ3) is 6.17. The van der Waals surface area contributed by atoms with Crippen molar-refractivity contribution in [3.63, 3.8) is 0 Å². The van der Waals surface area contributed by atoms with Crippen LogP contribution in [0.15, 0.2) is 81.2 Å². The van der Waals surface area contributed by atoms with E-state index in [0.717, 1.165) is 38.6 Å². The van der Waals surface area contributed by atoms with Crippen LogP contribution in [0.3, 0.4) is 0 Å². The maximum Gasteiger partial charge on any atom is 0.264 e. The van der Waals surface area contributed by atoms with Crippen LogP contribution in [0.4, 0.5) is 10.1 Å². The lowest BCUT2D eigenvalue weighted by molar-refractivity contribution is -0.119. The van der Waals surface area contributed by atoms with E-state index in [4.69, 9.17) is 4.74 Å². The Kier molecular flexibility index (Phi) is 7.83. The molecule has 7 nitrogen and oxygen atoms in total. The van der Waals surface area contributed by atoms with Gasteiger partial charge in [0.1, 0.15) is 18.1 Å². The monoisotopic (exact) mass is 533 g/mol. The number of hydrogen-bond donors (Lipinski definition) is 1. The summed E-state index contributed by atoms with van der Waals surface area (Å²) in [4.78, 5) is 12.5. The molecule has 3 aromatic rings. The van der Waals surface area contributed by atoms with Crippen LogP contribution >= 0.6 is 15.9 Å². The highest BCUT2D eigenvalue weighted by Crippen LogP contribution is 2.24. The smallest absolute Gasteiger partial charge is 0.264 e. The number of nitrogens with zero attached hydrogens (tertiary/aromatic N) is 2. The fourth-order valence-electron chi connectivity index (χ4n) is 2.91. The van der Waals surface area contributed by atoms with E-state index >= 15 is 0 Å². The molecule has 0 saturated carbocycles. The van der Waals surface area contributed by atoms with E-state index in [0.29, 0.717) is 11.3 Å². The largest absolute Gasteiger partial charge is 0.496 e. The first-order valence-electron chi connectivity index (χ1n) is 9.71. The lowest BCUT2D eigenvalue weighted by Crippen LogP contribution is -2.39. The van der Waals surface area contributed by atoms with Crippen molar-refractivity contribution in [1.29, 1.82) is 0 Å². The van der Waals surface area contributed by atoms with Crippen LogP contribution in [0.5, 0.6) is 5.75 Å². The van der Waals surface area contributed by atoms with Crippen molar-refractivity contribution < 1.29 is 22.3 Å². The second-order valence-corrected chi connectivity index (χ2v) is 9.76. The number of amides is 1. The highest BCUT2D eigenvalue weighted by atomic mass is 79.9. The molecule has 10 heteroatoms. The summed E-state index contributed by atoms with van der Waals surface area (Å²) >= 11 is 3.36. The molecule has 0 heterocycles. The van der Waals surface area contributed by atoms with Gasteiger partial charge in [0.25, 0.3) is 15.9 Å². The average molecular weight is 534 g/mol. The third-order valence-corrected chi connectivity index (χ3v) is 6.88. The SMILES string of the molecule is COc1ccc(Br)cc1/C=N\NC(=O)CN(c1ccc(C)cc1)S(=O)(=O)c1ccc(F)cc1. The molecule has 0 fully saturated rings. The van der Waals surface area contributed by atoms with Crippen LogP contribution in [-0.2, 0) is 14.8 Å². The van der Waals surface area contributed by atoms with E-state index < -0.39 is 28.3 Å². The van der Waals surface area contributed by atoms with Gasteiger partial charge in [0.15, 0.2) is 0 Å². The molecule has 0 aromatic heterocycles. The number of anilines is 1. The van der Waals surface area contributed by atoms with Gasteiger partial charge in [-0.3, -0.25) is 9.10 Å². The van der Waals surface area contributed by atoms with Gasteiger partial charge in [-0.1, -0.05) is 33.6 Å². The second-order valence-electron chi connectivity index (χ2n) is 6.98. The second kappa shape index (κ2) is 10.6. The van der Waals surface area contributed by atoms with Gasteiger partial charge >= 0.3 is 0 Å². The number of hydrazone groups is 1. The molecule has 0 aliphatic rings. The maximum absolute atomic E-state index is 13.3. The number of benzene rings is 3. The summed E-state index contributed by atoms with van der Waals surface area (Å²) in [7, 11) is -2.63. The number of ether oxygens (including phenoxy) is 1. The van der Waals surface area contributed by atoms with Crippen LogP contribution in [0.2, 0.25) is 0 Å². The third-order valence-electron chi connectivity index (χ3n) is 4.60. The fraction of sp³-hybridized carbons (Fsp3) is 0.130. The molecule has 0 radical (unpaired) electrons. The molecule has 3 rings (SSSR count). The normalized spacial score (nSPS) is 11.4. The molecular formula is C23H21BrFN3O4S. The summed E-state index contributed by atoms with van der Waals surface area (Å²) in [5.74, 6) is -0.672. The van der Waals surface area contributed by atoms with Crippen LogP contribution in [0.25, 0.3) is 0 Å². The van der Waals surface area contributed by atoms with E-state index in [-0.39, 0.29) is 10.6 Å². The Hall–Kier alpha value is -3.24. The Bertz CT molecular complexity index is 1260. The summed E-state index contributed by atoms with van der Waals surface area (Å²) in [6.45, 7) is 1.33. The molecule has 1 amide bonds. The number of carbonyl (C=O) groups is 1. The minimum Gasteiger partial charge on any atom is -0.496 e. The van der Waals surface area contributed by atoms with Gasteiger partial charge in [0.2, 0.25) is 0 Å². The number of halogens is 2. The summed E-state index contributed by atoms with van der Waals surface area (Å²) in [6, 6.07) is 16.4. The molecule has 0 atom stereocenters. The lowest BCUT2D eigenvalue weighted by Gasteiger charge is -2.23. The van der Waals surface area contributed by atoms with Gasteiger partial charge in [-0.2, -0.15) is 5.10 Å². The number of nitrogens with one attached hydrogen (secondary N) is 1. The Labute approximate surface area is 200 Å². The van der Waals surface area contributed by atoms with Gasteiger partial charge in [-0.15, -0.1) is 0 Å². The van der Waals surface area contributed by atoms with Crippen LogP contribution < -0.4 is 14.5 Å². The first-order valence-corrected chi connectivity index (χ1v) is 11.9. The van der Waals surface area contributed by atoms with Crippen LogP contribution in [0.1, 0.15) is 11.1 Å². The number of carbonyl (C=O) groups excluding carboxylic acids is 1. The molecule has 0 aliphatic heterocycles. The van der Waals surface area contributed by atoms with Gasteiger partial charge in [0, 0.05) is 10.0 Å². The van der Waals surface area contributed by atoms with E-state index in [9.17, 15) is 17.6 Å². The summed E-state index contributed by atoms with van der Waals surface area (Å²) in [5, 5.41) is 3.92. The first kappa shape index (κ1) is 24.4. The molecule has 0 spiro atoms. The molecule has 33 heavy (non-hydrogen) atoms. The maximum atomic E-state index is 13.3. The van der Waals surface area contributed by atoms with Crippen molar-refractivity contribution in [1.82, 2.24) is 5.43 Å². The van der Waals surface area contributed by atoms with Crippen molar-refractivity contribution in [3.05, 3.63) is 88.1 Å². The van der Waals surface area contributed by atoms with Crippen molar-refractivity contribution in [2.45, 2.75) is 11.8 Å². The number of rotatable bonds is 8. The number of methoxy groups -OCH3 is 1. The van der Waals surface area contributed by atoms with E-state index in [1.807, 2.05) is 6.92 Å². The fourth-order valence-corrected chi connectivity index (χ4v) is 4.71. The van der Waals surface area contributed by atoms with E-state index in [1.54, 1.807) is 42.5 Å². The van der Waals surface area contributed by atoms with Crippen molar-refractivity contribution >= 4 is 43.8 Å². The van der Waals surface area contributed by atoms with Gasteiger partial charge in [-0.25, -0.2) is 18.2 Å². The standard InChI is InChI=1S/C23H21BrFN3O4S/c1-16-3-8-20(9-4-16)28(33(30,31)21-10-6-19(25)7-11-21)15-23(29)27-26-14-17-13-18(24)5-12-22(17)32-2/h3-14H,15H2,1-2H3,(H,27,29)/b26-14-. The summed E-state index contributed by atoms with van der Waals surface area (Å²) < 4.78 is 46.8. The highest BCUT2D eigenvalue weighted by molar-refractivity contribution is 9.10. The lowest BCUT2D eigenvalue weighted by atomic mass is 10.2. The Balaban J connectivity index is 1.84. The van der Waals surface area contributed by atoms with Crippen molar-refractivity contribution in [3.8, 4) is 5.75 Å². The van der Waals surface area contributed by atoms with Crippen molar-refractivity contribution in [2.24, 2.45) is 5.10 Å². The zero-order valence-corrected chi connectivity index (χ0v) is 20.2. The minimum atomic E-state index is -4.14. The predicted octanol–water partition coefficient (Wildman–Crippen LogP) is 4.25. The predicted molar refractivity (Wildman–Crippen MR) is 129 cm³/mol. The summed E-state index contributed by atoms with van der Waals surface area (Å²) in [6.07, 6.45) is 1.40. The highest BCUT2D eigenvalue weighted by Gasteiger charge is 2.27. The average Bonchev–Trinajstić information content (AvgIpc) is 2.78. The zero-order valence-electron chi connectivity index (χ0n) is 17.8. The summed E-state index contributed by atoms with van der Waals surface area (Å²) in [5.41, 5.74) is 4.17. The van der Waals surface area contributed by atoms with Gasteiger partial charge in [0.05, 0.1) is 23.9 Å². The van der Waals surface area contributed by atoms with Gasteiger partial charge in [-0.05, 0) is 61.5 Å². The van der Waals surface area contributed by atoms with Gasteiger partial charge < -0.3 is 4.74 Å². The minimum absolute atomic E-state index is 0.139. The molecule has 1 N–H and O–H groups in total. The first-order chi connectivity index (χ1) is 15.7. The Morgan fingerprint density at radius 3 is 2.42 bits per heavy atom. The topological polar surface area (TPSA) is 88.1 Å². The van der Waals surface area contributed by atoms with E-state index in [2.05, 4.69) is 26.5 Å². The molecule has 3 aromatic carbocycles. The molecule has 0 saturated heterocycles. The molecule has 0 unspecified atom stereocenters. The quantitative estimate of drug-likeness (QED) is 0.346. The van der Waals surface area contributed by atoms with Crippen LogP contribution in [0, 0.1) is 12.7 Å². The molecule has 172 valence electrons. The molecular weight excluding hydrogens is 513 g/mol. The Morgan fingerprint density at radius 1 is 1.12 bits per heavy atom. The molecule has 0 bridgehead atoms. The number of aryl methyl sites for hydroxylation is 1. The Morgan fingerprint density at radius 2 is 1.79 bits per heavy atom. The van der Waals surface area contributed by atoms with Crippen molar-refractivity contribution in [2.75, 3.05) is 18.0 Å². The number of hydrogen-bond acceptors (Lipinski definition) is 5.